The molecule has 0 radical (unpaired) electrons. The molecule has 1 N–H and O–H groups in total. The second-order valence-electron chi connectivity index (χ2n) is 5.20. The Labute approximate surface area is 143 Å². The summed E-state index contributed by atoms with van der Waals surface area (Å²) in [7, 11) is 1.29. The van der Waals surface area contributed by atoms with Crippen LogP contribution in [-0.4, -0.2) is 35.0 Å². The summed E-state index contributed by atoms with van der Waals surface area (Å²) in [6.07, 6.45) is -9.86. The summed E-state index contributed by atoms with van der Waals surface area (Å²) in [5, 5.41) is 15.6. The predicted molar refractivity (Wildman–Crippen MR) is 82.0 cm³/mol. The van der Waals surface area contributed by atoms with Crippen LogP contribution in [0.5, 0.6) is 0 Å². The van der Waals surface area contributed by atoms with Crippen molar-refractivity contribution in [3.05, 3.63) is 29.3 Å². The van der Waals surface area contributed by atoms with Crippen LogP contribution in [0.25, 0.3) is 0 Å². The molecule has 2 rings (SSSR count). The highest BCUT2D eigenvalue weighted by atomic mass is 32.1. The van der Waals surface area contributed by atoms with Gasteiger partial charge in [-0.3, -0.25) is 5.01 Å². The van der Waals surface area contributed by atoms with Gasteiger partial charge in [0.25, 0.3) is 0 Å². The summed E-state index contributed by atoms with van der Waals surface area (Å²) >= 11 is 5.01. The number of hydrogen-bond acceptors (Lipinski definition) is 4. The lowest BCUT2D eigenvalue weighted by Gasteiger charge is -2.21. The number of thiocarbonyl (C=S) groups is 1. The van der Waals surface area contributed by atoms with Crippen molar-refractivity contribution in [2.24, 2.45) is 5.10 Å². The van der Waals surface area contributed by atoms with E-state index < -0.39 is 41.7 Å². The third kappa shape index (κ3) is 4.19. The SMILES string of the molecule is CN1N=C(C(F)(F)F)CC1C(=S)Nc1ccc(C#N)c(C(F)(F)F)c1. The summed E-state index contributed by atoms with van der Waals surface area (Å²) in [6, 6.07) is 3.34. The van der Waals surface area contributed by atoms with Crippen molar-refractivity contribution >= 4 is 28.6 Å². The van der Waals surface area contributed by atoms with E-state index in [0.29, 0.717) is 6.07 Å². The van der Waals surface area contributed by atoms with Crippen LogP contribution in [-0.2, 0) is 6.18 Å². The van der Waals surface area contributed by atoms with Gasteiger partial charge in [-0.05, 0) is 18.2 Å². The molecule has 134 valence electrons. The van der Waals surface area contributed by atoms with Crippen LogP contribution in [0.15, 0.2) is 23.3 Å². The van der Waals surface area contributed by atoms with Crippen molar-refractivity contribution < 1.29 is 26.3 Å². The average Bonchev–Trinajstić information content (AvgIpc) is 2.88. The molecule has 1 aliphatic heterocycles. The zero-order valence-electron chi connectivity index (χ0n) is 12.5. The van der Waals surface area contributed by atoms with E-state index in [1.165, 1.54) is 19.2 Å². The zero-order valence-corrected chi connectivity index (χ0v) is 13.4. The first kappa shape index (κ1) is 19.0. The van der Waals surface area contributed by atoms with Gasteiger partial charge >= 0.3 is 12.4 Å². The molecular weight excluding hydrogens is 370 g/mol. The number of halogens is 6. The molecule has 1 aromatic carbocycles. The molecule has 1 atom stereocenters. The van der Waals surface area contributed by atoms with Crippen molar-refractivity contribution in [3.63, 3.8) is 0 Å². The number of rotatable bonds is 2. The molecule has 0 aliphatic carbocycles. The van der Waals surface area contributed by atoms with Crippen LogP contribution in [0, 0.1) is 11.3 Å². The Morgan fingerprint density at radius 2 is 1.92 bits per heavy atom. The highest BCUT2D eigenvalue weighted by molar-refractivity contribution is 7.80. The van der Waals surface area contributed by atoms with Crippen molar-refractivity contribution in [2.45, 2.75) is 24.8 Å². The minimum Gasteiger partial charge on any atom is -0.348 e. The fraction of sp³-hybridized carbons (Fsp3) is 0.357. The van der Waals surface area contributed by atoms with Gasteiger partial charge in [-0.2, -0.15) is 36.7 Å². The van der Waals surface area contributed by atoms with Gasteiger partial charge in [-0.1, -0.05) is 12.2 Å². The van der Waals surface area contributed by atoms with E-state index in [4.69, 9.17) is 17.5 Å². The molecule has 11 heteroatoms. The van der Waals surface area contributed by atoms with Gasteiger partial charge in [0.05, 0.1) is 17.2 Å². The van der Waals surface area contributed by atoms with Crippen LogP contribution in [0.1, 0.15) is 17.5 Å². The molecule has 1 aromatic rings. The van der Waals surface area contributed by atoms with E-state index in [-0.39, 0.29) is 10.7 Å². The molecular formula is C14H10F6N4S. The smallest absolute Gasteiger partial charge is 0.348 e. The fourth-order valence-electron chi connectivity index (χ4n) is 2.23. The second kappa shape index (κ2) is 6.51. The fourth-order valence-corrected chi connectivity index (χ4v) is 2.58. The normalized spacial score (nSPS) is 17.9. The Bertz CT molecular complexity index is 762. The van der Waals surface area contributed by atoms with Crippen LogP contribution in [0.4, 0.5) is 32.0 Å². The minimum absolute atomic E-state index is 0.0785. The molecule has 0 bridgehead atoms. The molecule has 0 spiro atoms. The molecule has 0 fully saturated rings. The van der Waals surface area contributed by atoms with Gasteiger partial charge < -0.3 is 5.32 Å². The van der Waals surface area contributed by atoms with Gasteiger partial charge in [-0.25, -0.2) is 0 Å². The quantitative estimate of drug-likeness (QED) is 0.624. The van der Waals surface area contributed by atoms with Gasteiger partial charge in [-0.15, -0.1) is 0 Å². The van der Waals surface area contributed by atoms with Gasteiger partial charge in [0.2, 0.25) is 0 Å². The molecule has 25 heavy (non-hydrogen) atoms. The summed E-state index contributed by atoms with van der Waals surface area (Å²) in [5.41, 5.74) is -2.82. The maximum atomic E-state index is 12.9. The van der Waals surface area contributed by atoms with E-state index in [9.17, 15) is 26.3 Å². The van der Waals surface area contributed by atoms with E-state index in [2.05, 4.69) is 10.4 Å². The van der Waals surface area contributed by atoms with E-state index >= 15 is 0 Å². The number of anilines is 1. The standard InChI is InChI=1S/C14H10F6N4S/c1-24-10(5-11(23-24)14(18,19)20)12(25)22-8-3-2-7(6-21)9(4-8)13(15,16)17/h2-4,10H,5H2,1H3,(H,22,25). The minimum atomic E-state index is -4.75. The van der Waals surface area contributed by atoms with E-state index in [1.54, 1.807) is 0 Å². The van der Waals surface area contributed by atoms with Gasteiger partial charge in [0, 0.05) is 19.2 Å². The van der Waals surface area contributed by atoms with Crippen molar-refractivity contribution in [1.29, 1.82) is 5.26 Å². The molecule has 1 heterocycles. The summed E-state index contributed by atoms with van der Waals surface area (Å²) in [6.45, 7) is 0. The number of hydrogen-bond donors (Lipinski definition) is 1. The molecule has 1 aliphatic rings. The number of likely N-dealkylation sites (N-methyl/N-ethyl adjacent to an activating group) is 1. The highest BCUT2D eigenvalue weighted by Gasteiger charge is 2.43. The Morgan fingerprint density at radius 1 is 1.28 bits per heavy atom. The first-order valence-corrected chi connectivity index (χ1v) is 7.14. The lowest BCUT2D eigenvalue weighted by Crippen LogP contribution is -2.35. The number of benzene rings is 1. The molecule has 1 unspecified atom stereocenters. The molecule has 0 saturated heterocycles. The highest BCUT2D eigenvalue weighted by Crippen LogP contribution is 2.34. The number of alkyl halides is 6. The second-order valence-corrected chi connectivity index (χ2v) is 5.64. The number of nitrogens with zero attached hydrogens (tertiary/aromatic N) is 3. The van der Waals surface area contributed by atoms with Crippen LogP contribution < -0.4 is 5.32 Å². The van der Waals surface area contributed by atoms with Crippen molar-refractivity contribution in [3.8, 4) is 6.07 Å². The van der Waals surface area contributed by atoms with Crippen LogP contribution >= 0.6 is 12.2 Å². The van der Waals surface area contributed by atoms with Crippen LogP contribution in [0.3, 0.4) is 0 Å². The monoisotopic (exact) mass is 380 g/mol. The summed E-state index contributed by atoms with van der Waals surface area (Å²) < 4.78 is 76.9. The maximum absolute atomic E-state index is 12.9. The van der Waals surface area contributed by atoms with Gasteiger partial charge in [0.1, 0.15) is 16.7 Å². The molecule has 0 saturated carbocycles. The van der Waals surface area contributed by atoms with Crippen LogP contribution in [0.2, 0.25) is 0 Å². The Hall–Kier alpha value is -2.35. The Morgan fingerprint density at radius 3 is 2.40 bits per heavy atom. The lowest BCUT2D eigenvalue weighted by molar-refractivity contribution is -0.137. The maximum Gasteiger partial charge on any atom is 0.431 e. The number of hydrazone groups is 1. The molecule has 0 amide bonds. The lowest BCUT2D eigenvalue weighted by atomic mass is 10.1. The van der Waals surface area contributed by atoms with E-state index in [1.807, 2.05) is 0 Å². The zero-order chi connectivity index (χ0) is 19.0. The summed E-state index contributed by atoms with van der Waals surface area (Å²) in [4.78, 5) is -0.108. The Kier molecular flexibility index (Phi) is 4.94. The van der Waals surface area contributed by atoms with Crippen molar-refractivity contribution in [2.75, 3.05) is 12.4 Å². The number of nitriles is 1. The Balaban J connectivity index is 2.19. The largest absolute Gasteiger partial charge is 0.431 e. The molecule has 0 aromatic heterocycles. The van der Waals surface area contributed by atoms with E-state index in [0.717, 1.165) is 11.1 Å². The average molecular weight is 380 g/mol. The third-order valence-corrected chi connectivity index (χ3v) is 3.83. The van der Waals surface area contributed by atoms with Crippen molar-refractivity contribution in [1.82, 2.24) is 5.01 Å². The summed E-state index contributed by atoms with van der Waals surface area (Å²) in [5.74, 6) is 0. The first-order valence-electron chi connectivity index (χ1n) is 6.73. The van der Waals surface area contributed by atoms with Gasteiger partial charge in [0.15, 0.2) is 0 Å². The predicted octanol–water partition coefficient (Wildman–Crippen LogP) is 3.94. The topological polar surface area (TPSA) is 51.4 Å². The first-order chi connectivity index (χ1) is 11.4. The molecule has 4 nitrogen and oxygen atoms in total. The third-order valence-electron chi connectivity index (χ3n) is 3.46. The number of nitrogens with one attached hydrogen (secondary N) is 1.